The molecule has 0 aliphatic heterocycles. The quantitative estimate of drug-likeness (QED) is 0.0499. The van der Waals surface area contributed by atoms with Crippen LogP contribution in [0.4, 0.5) is 0 Å². The van der Waals surface area contributed by atoms with Crippen LogP contribution < -0.4 is 14.6 Å². The zero-order valence-corrected chi connectivity index (χ0v) is 34.5. The van der Waals surface area contributed by atoms with E-state index < -0.39 is 20.2 Å². The number of rotatable bonds is 20. The van der Waals surface area contributed by atoms with Gasteiger partial charge in [0.1, 0.15) is 27.4 Å². The van der Waals surface area contributed by atoms with Gasteiger partial charge in [0.15, 0.2) is 11.5 Å². The van der Waals surface area contributed by atoms with Crippen LogP contribution in [0.15, 0.2) is 94.7 Å². The Balaban J connectivity index is 0.000000360. The fraction of sp³-hybridized carbons (Fsp3) is 0.400. The molecule has 13 heteroatoms. The van der Waals surface area contributed by atoms with Crippen LogP contribution >= 0.6 is 0 Å². The van der Waals surface area contributed by atoms with E-state index in [9.17, 15) is 31.6 Å². The number of aryl methyl sites for hydroxylation is 2. The summed E-state index contributed by atoms with van der Waals surface area (Å²) in [6, 6.07) is 20.9. The molecule has 0 amide bonds. The number of benzene rings is 4. The molecule has 0 atom stereocenters. The number of ether oxygens (including phenoxy) is 2. The molecule has 0 saturated heterocycles. The Morgan fingerprint density at radius 3 is 1.57 bits per heavy atom. The van der Waals surface area contributed by atoms with E-state index in [0.29, 0.717) is 0 Å². The zero-order valence-electron chi connectivity index (χ0n) is 30.7. The van der Waals surface area contributed by atoms with Gasteiger partial charge >= 0.3 is 37.7 Å². The minimum absolute atomic E-state index is 0. The number of hydrogen-bond acceptors (Lipinski definition) is 9. The third-order valence-electron chi connectivity index (χ3n) is 8.32. The van der Waals surface area contributed by atoms with Crippen molar-refractivity contribution in [1.29, 1.82) is 0 Å². The van der Waals surface area contributed by atoms with Crippen LogP contribution in [-0.4, -0.2) is 68.8 Å². The topological polar surface area (TPSA) is 173 Å². The van der Waals surface area contributed by atoms with Crippen LogP contribution in [0.25, 0.3) is 0 Å². The Bertz CT molecular complexity index is 1780. The van der Waals surface area contributed by atoms with Crippen LogP contribution in [0.2, 0.25) is 0 Å². The van der Waals surface area contributed by atoms with Gasteiger partial charge in [-0.1, -0.05) is 114 Å². The average molecular weight is 795 g/mol. The first-order valence-corrected chi connectivity index (χ1v) is 20.8. The van der Waals surface area contributed by atoms with Crippen LogP contribution in [0.5, 0.6) is 34.5 Å². The van der Waals surface area contributed by atoms with Crippen LogP contribution in [0.3, 0.4) is 0 Å². The standard InChI is InChI=1S/2C20H26O5S.Ca/c2*1-2-3-4-5-6-7-9-16-12-13-19(21)20(14-16)25-17-10-8-11-18(15-17)26(22,23)24;/h2*8,10-15,21H,2-7,9H2,1H3,(H,22,23,24);/q;;+2/p-2. The van der Waals surface area contributed by atoms with Crippen molar-refractivity contribution in [1.82, 2.24) is 0 Å². The third kappa shape index (κ3) is 17.4. The maximum Gasteiger partial charge on any atom is 2.00 e. The second-order valence-electron chi connectivity index (χ2n) is 12.7. The third-order valence-corrected chi connectivity index (χ3v) is 10.0. The molecule has 0 heterocycles. The van der Waals surface area contributed by atoms with Crippen molar-refractivity contribution in [2.24, 2.45) is 0 Å². The fourth-order valence-corrected chi connectivity index (χ4v) is 6.47. The minimum atomic E-state index is -4.57. The maximum atomic E-state index is 12.0. The zero-order chi connectivity index (χ0) is 38.0. The van der Waals surface area contributed by atoms with E-state index in [0.717, 1.165) is 49.3 Å². The molecule has 0 fully saturated rings. The van der Waals surface area contributed by atoms with E-state index in [-0.39, 0.29) is 82.0 Å². The number of unbranched alkanes of at least 4 members (excludes halogenated alkanes) is 10. The summed E-state index contributed by atoms with van der Waals surface area (Å²) >= 11 is 0. The summed E-state index contributed by atoms with van der Waals surface area (Å²) in [7, 11) is -8.87. The van der Waals surface area contributed by atoms with Crippen LogP contribution in [0, 0.1) is 0 Å². The second kappa shape index (κ2) is 23.8. The number of hydrogen-bond donors (Lipinski definition) is 2. The van der Waals surface area contributed by atoms with Gasteiger partial charge < -0.3 is 24.2 Å². The molecule has 0 aromatic heterocycles. The number of aromatic hydroxyl groups is 1. The van der Waals surface area contributed by atoms with Crippen molar-refractivity contribution < 1.29 is 45.6 Å². The minimum Gasteiger partial charge on any atom is -0.870 e. The average Bonchev–Trinajstić information content (AvgIpc) is 3.10. The molecular formula is C40H50CaO10S2. The summed E-state index contributed by atoms with van der Waals surface area (Å²) in [6.45, 7) is 4.39. The summed E-state index contributed by atoms with van der Waals surface area (Å²) < 4.78 is 76.0. The smallest absolute Gasteiger partial charge is 0.870 e. The van der Waals surface area contributed by atoms with Gasteiger partial charge in [-0.3, -0.25) is 4.55 Å². The first-order chi connectivity index (χ1) is 24.8. The molecule has 4 rings (SSSR count). The van der Waals surface area contributed by atoms with Crippen molar-refractivity contribution in [3.63, 3.8) is 0 Å². The first-order valence-electron chi connectivity index (χ1n) is 17.9. The summed E-state index contributed by atoms with van der Waals surface area (Å²) in [4.78, 5) is -0.636. The number of phenols is 1. The molecule has 0 bridgehead atoms. The Hall–Kier alpha value is -2.84. The van der Waals surface area contributed by atoms with Gasteiger partial charge in [0.2, 0.25) is 0 Å². The molecular weight excluding hydrogens is 745 g/mol. The summed E-state index contributed by atoms with van der Waals surface area (Å²) in [5.74, 6) is 0.471. The second-order valence-corrected chi connectivity index (χ2v) is 15.5. The molecule has 0 unspecified atom stereocenters. The molecule has 0 spiro atoms. The van der Waals surface area contributed by atoms with Gasteiger partial charge in [0, 0.05) is 6.07 Å². The monoisotopic (exact) mass is 794 g/mol. The van der Waals surface area contributed by atoms with E-state index in [1.54, 1.807) is 30.3 Å². The van der Waals surface area contributed by atoms with Gasteiger partial charge in [0.25, 0.3) is 10.1 Å². The molecule has 4 aromatic rings. The van der Waals surface area contributed by atoms with Gasteiger partial charge in [-0.25, -0.2) is 8.42 Å². The van der Waals surface area contributed by atoms with Crippen molar-refractivity contribution in [3.8, 4) is 34.5 Å². The summed E-state index contributed by atoms with van der Waals surface area (Å²) in [6.07, 6.45) is 16.2. The van der Waals surface area contributed by atoms with Crippen molar-refractivity contribution in [3.05, 3.63) is 96.1 Å². The van der Waals surface area contributed by atoms with E-state index in [2.05, 4.69) is 13.8 Å². The maximum absolute atomic E-state index is 12.0. The van der Waals surface area contributed by atoms with E-state index in [1.807, 2.05) is 6.07 Å². The molecule has 53 heavy (non-hydrogen) atoms. The van der Waals surface area contributed by atoms with Crippen LogP contribution in [-0.2, 0) is 33.1 Å². The predicted octanol–water partition coefficient (Wildman–Crippen LogP) is 9.31. The largest absolute Gasteiger partial charge is 2.00 e. The predicted molar refractivity (Wildman–Crippen MR) is 205 cm³/mol. The molecule has 0 aliphatic carbocycles. The normalized spacial score (nSPS) is 11.2. The van der Waals surface area contributed by atoms with Crippen molar-refractivity contribution in [2.75, 3.05) is 0 Å². The molecule has 0 saturated carbocycles. The van der Waals surface area contributed by atoms with Gasteiger partial charge in [-0.2, -0.15) is 8.42 Å². The van der Waals surface area contributed by atoms with Crippen LogP contribution in [0.1, 0.15) is 102 Å². The molecule has 4 aromatic carbocycles. The van der Waals surface area contributed by atoms with Gasteiger partial charge in [-0.05, 0) is 85.3 Å². The molecule has 284 valence electrons. The SMILES string of the molecule is CCCCCCCCc1ccc(O)c(Oc2cccc(S(=O)(=O)O)c2)c1.CCCCCCCCc1ccc([O-])c(Oc2cccc(S(=O)(=O)[O-])c2)c1.[Ca+2]. The van der Waals surface area contributed by atoms with Gasteiger partial charge in [-0.15, -0.1) is 0 Å². The summed E-state index contributed by atoms with van der Waals surface area (Å²) in [5.41, 5.74) is 2.06. The Morgan fingerprint density at radius 2 is 1.04 bits per heavy atom. The Labute approximate surface area is 345 Å². The Kier molecular flexibility index (Phi) is 20.8. The molecule has 0 radical (unpaired) electrons. The van der Waals surface area contributed by atoms with E-state index >= 15 is 0 Å². The number of phenolic OH excluding ortho intramolecular Hbond substituents is 1. The van der Waals surface area contributed by atoms with E-state index in [4.69, 9.17) is 14.0 Å². The fourth-order valence-electron chi connectivity index (χ4n) is 5.45. The van der Waals surface area contributed by atoms with Crippen molar-refractivity contribution >= 4 is 58.0 Å². The van der Waals surface area contributed by atoms with Crippen molar-refractivity contribution in [2.45, 2.75) is 114 Å². The molecule has 0 aliphatic rings. The van der Waals surface area contributed by atoms with E-state index in [1.165, 1.54) is 100 Å². The Morgan fingerprint density at radius 1 is 0.585 bits per heavy atom. The molecule has 10 nitrogen and oxygen atoms in total. The van der Waals surface area contributed by atoms with Gasteiger partial charge in [0.05, 0.1) is 9.79 Å². The summed E-state index contributed by atoms with van der Waals surface area (Å²) in [5, 5.41) is 22.0. The molecule has 2 N–H and O–H groups in total. The first kappa shape index (κ1) is 46.3.